The maximum absolute atomic E-state index is 13.7. The van der Waals surface area contributed by atoms with Crippen molar-refractivity contribution in [3.63, 3.8) is 0 Å². The third-order valence-electron chi connectivity index (χ3n) is 5.00. The predicted octanol–water partition coefficient (Wildman–Crippen LogP) is 3.21. The van der Waals surface area contributed by atoms with E-state index >= 15 is 0 Å². The third-order valence-corrected chi connectivity index (χ3v) is 5.26. The van der Waals surface area contributed by atoms with Crippen LogP contribution in [0, 0.1) is 0 Å². The number of halogens is 1. The fourth-order valence-electron chi connectivity index (χ4n) is 3.47. The van der Waals surface area contributed by atoms with Gasteiger partial charge in [0.2, 0.25) is 5.91 Å². The van der Waals surface area contributed by atoms with Gasteiger partial charge in [-0.3, -0.25) is 14.5 Å². The average Bonchev–Trinajstić information content (AvgIpc) is 3.49. The van der Waals surface area contributed by atoms with E-state index in [4.69, 9.17) is 20.8 Å². The molecular formula is C23H22ClN5O4. The Morgan fingerprint density at radius 2 is 1.94 bits per heavy atom. The number of amides is 2. The number of benzene rings is 2. The predicted molar refractivity (Wildman–Crippen MR) is 123 cm³/mol. The average molecular weight is 468 g/mol. The van der Waals surface area contributed by atoms with Crippen LogP contribution in [0.25, 0.3) is 11.0 Å². The van der Waals surface area contributed by atoms with Crippen LogP contribution in [0.3, 0.4) is 0 Å². The summed E-state index contributed by atoms with van der Waals surface area (Å²) in [5.74, 6) is -0.471. The number of aromatic nitrogens is 3. The summed E-state index contributed by atoms with van der Waals surface area (Å²) in [6.45, 7) is 0.477. The number of methoxy groups -OCH3 is 1. The molecule has 0 aliphatic carbocycles. The van der Waals surface area contributed by atoms with Gasteiger partial charge in [-0.25, -0.2) is 4.68 Å². The van der Waals surface area contributed by atoms with Crippen molar-refractivity contribution in [1.82, 2.24) is 20.3 Å². The van der Waals surface area contributed by atoms with E-state index in [0.717, 1.165) is 0 Å². The molecule has 2 aromatic heterocycles. The molecule has 1 atom stereocenters. The number of hydrogen-bond acceptors (Lipinski definition) is 6. The van der Waals surface area contributed by atoms with E-state index in [1.807, 2.05) is 24.3 Å². The van der Waals surface area contributed by atoms with Gasteiger partial charge in [0.15, 0.2) is 6.04 Å². The van der Waals surface area contributed by atoms with Crippen LogP contribution in [0.5, 0.6) is 0 Å². The molecule has 33 heavy (non-hydrogen) atoms. The molecule has 170 valence electrons. The Labute approximate surface area is 194 Å². The molecule has 0 bridgehead atoms. The lowest BCUT2D eigenvalue weighted by Crippen LogP contribution is -2.45. The quantitative estimate of drug-likeness (QED) is 0.379. The van der Waals surface area contributed by atoms with Crippen LogP contribution >= 0.6 is 11.6 Å². The summed E-state index contributed by atoms with van der Waals surface area (Å²) in [5, 5.41) is 11.5. The van der Waals surface area contributed by atoms with Crippen LogP contribution in [0.4, 0.5) is 5.69 Å². The first-order valence-electron chi connectivity index (χ1n) is 10.2. The van der Waals surface area contributed by atoms with E-state index < -0.39 is 11.9 Å². The van der Waals surface area contributed by atoms with Crippen molar-refractivity contribution in [2.45, 2.75) is 12.6 Å². The summed E-state index contributed by atoms with van der Waals surface area (Å²) in [5.41, 5.74) is 1.86. The first kappa shape index (κ1) is 22.5. The Morgan fingerprint density at radius 3 is 2.67 bits per heavy atom. The number of para-hydroxylation sites is 1. The molecule has 4 aromatic rings. The zero-order valence-corrected chi connectivity index (χ0v) is 18.6. The van der Waals surface area contributed by atoms with Crippen molar-refractivity contribution in [2.24, 2.45) is 0 Å². The monoisotopic (exact) mass is 467 g/mol. The fourth-order valence-corrected chi connectivity index (χ4v) is 3.60. The molecule has 0 radical (unpaired) electrons. The Balaban J connectivity index is 1.73. The van der Waals surface area contributed by atoms with Crippen molar-refractivity contribution in [3.8, 4) is 0 Å². The second kappa shape index (κ2) is 10.3. The van der Waals surface area contributed by atoms with Crippen molar-refractivity contribution in [1.29, 1.82) is 0 Å². The highest BCUT2D eigenvalue weighted by molar-refractivity contribution is 6.30. The molecule has 1 N–H and O–H groups in total. The maximum atomic E-state index is 13.7. The van der Waals surface area contributed by atoms with Crippen LogP contribution in [0.15, 0.2) is 71.3 Å². The molecule has 2 heterocycles. The summed E-state index contributed by atoms with van der Waals surface area (Å²) in [7, 11) is 1.54. The van der Waals surface area contributed by atoms with Crippen LogP contribution in [0.2, 0.25) is 5.02 Å². The van der Waals surface area contributed by atoms with E-state index in [2.05, 4.69) is 15.6 Å². The highest BCUT2D eigenvalue weighted by atomic mass is 35.5. The molecule has 1 unspecified atom stereocenters. The summed E-state index contributed by atoms with van der Waals surface area (Å²) in [6.07, 6.45) is 1.46. The lowest BCUT2D eigenvalue weighted by molar-refractivity contribution is -0.127. The molecule has 2 aromatic carbocycles. The number of carbonyl (C=O) groups excluding carboxylic acids is 2. The van der Waals surface area contributed by atoms with Gasteiger partial charge in [0, 0.05) is 24.4 Å². The van der Waals surface area contributed by atoms with Gasteiger partial charge in [0.1, 0.15) is 17.8 Å². The van der Waals surface area contributed by atoms with Gasteiger partial charge in [0.05, 0.1) is 18.4 Å². The molecule has 0 fully saturated rings. The van der Waals surface area contributed by atoms with Gasteiger partial charge in [-0.15, -0.1) is 5.10 Å². The molecule has 0 saturated carbocycles. The molecule has 2 amide bonds. The standard InChI is InChI=1S/C23H22ClN5O4/c1-32-14-12-25-23(31)22(20-7-4-13-33-20)29(17-10-8-16(24)9-11-17)21(30)15-28-19-6-3-2-5-18(19)26-27-28/h2-11,13,22H,12,14-15H2,1H3,(H,25,31). The maximum Gasteiger partial charge on any atom is 0.251 e. The normalized spacial score (nSPS) is 11.9. The molecular weight excluding hydrogens is 446 g/mol. The molecule has 0 spiro atoms. The third kappa shape index (κ3) is 5.05. The number of hydrogen-bond donors (Lipinski definition) is 1. The lowest BCUT2D eigenvalue weighted by Gasteiger charge is -2.30. The number of rotatable bonds is 9. The second-order valence-corrected chi connectivity index (χ2v) is 7.61. The highest BCUT2D eigenvalue weighted by Crippen LogP contribution is 2.30. The van der Waals surface area contributed by atoms with Crippen molar-refractivity contribution < 1.29 is 18.7 Å². The number of carbonyl (C=O) groups is 2. The van der Waals surface area contributed by atoms with Gasteiger partial charge < -0.3 is 14.5 Å². The number of fused-ring (bicyclic) bond motifs is 1. The molecule has 9 nitrogen and oxygen atoms in total. The van der Waals surface area contributed by atoms with Crippen LogP contribution < -0.4 is 10.2 Å². The first-order valence-corrected chi connectivity index (χ1v) is 10.6. The van der Waals surface area contributed by atoms with Gasteiger partial charge in [0.25, 0.3) is 5.91 Å². The van der Waals surface area contributed by atoms with E-state index in [-0.39, 0.29) is 19.0 Å². The summed E-state index contributed by atoms with van der Waals surface area (Å²) < 4.78 is 12.1. The van der Waals surface area contributed by atoms with Crippen molar-refractivity contribution in [3.05, 3.63) is 77.7 Å². The minimum absolute atomic E-state index is 0.133. The summed E-state index contributed by atoms with van der Waals surface area (Å²) in [4.78, 5) is 28.3. The number of furan rings is 1. The molecule has 0 aliphatic rings. The van der Waals surface area contributed by atoms with Crippen molar-refractivity contribution in [2.75, 3.05) is 25.2 Å². The van der Waals surface area contributed by atoms with E-state index in [0.29, 0.717) is 34.1 Å². The SMILES string of the molecule is COCCNC(=O)C(c1ccco1)N(C(=O)Cn1nnc2ccccc21)c1ccc(Cl)cc1. The molecule has 10 heteroatoms. The Kier molecular flexibility index (Phi) is 7.01. The van der Waals surface area contributed by atoms with Crippen LogP contribution in [-0.4, -0.2) is 47.1 Å². The first-order chi connectivity index (χ1) is 16.1. The van der Waals surface area contributed by atoms with Gasteiger partial charge in [-0.2, -0.15) is 0 Å². The Morgan fingerprint density at radius 1 is 1.15 bits per heavy atom. The van der Waals surface area contributed by atoms with Crippen LogP contribution in [0.1, 0.15) is 11.8 Å². The Hall–Kier alpha value is -3.69. The zero-order valence-electron chi connectivity index (χ0n) is 17.8. The largest absolute Gasteiger partial charge is 0.467 e. The number of ether oxygens (including phenoxy) is 1. The topological polar surface area (TPSA) is 102 Å². The number of nitrogens with zero attached hydrogens (tertiary/aromatic N) is 4. The van der Waals surface area contributed by atoms with Gasteiger partial charge in [-0.1, -0.05) is 28.9 Å². The highest BCUT2D eigenvalue weighted by Gasteiger charge is 2.35. The number of anilines is 1. The van der Waals surface area contributed by atoms with E-state index in [1.165, 1.54) is 15.8 Å². The Bertz CT molecular complexity index is 1220. The molecule has 0 aliphatic heterocycles. The van der Waals surface area contributed by atoms with E-state index in [1.54, 1.807) is 43.5 Å². The van der Waals surface area contributed by atoms with E-state index in [9.17, 15) is 9.59 Å². The number of nitrogens with one attached hydrogen (secondary N) is 1. The van der Waals surface area contributed by atoms with Crippen LogP contribution in [-0.2, 0) is 20.9 Å². The van der Waals surface area contributed by atoms with Gasteiger partial charge in [-0.05, 0) is 48.5 Å². The minimum atomic E-state index is -1.06. The fraction of sp³-hybridized carbons (Fsp3) is 0.217. The summed E-state index contributed by atoms with van der Waals surface area (Å²) in [6, 6.07) is 16.3. The zero-order chi connectivity index (χ0) is 23.2. The smallest absolute Gasteiger partial charge is 0.251 e. The second-order valence-electron chi connectivity index (χ2n) is 7.18. The van der Waals surface area contributed by atoms with Crippen molar-refractivity contribution >= 4 is 40.1 Å². The summed E-state index contributed by atoms with van der Waals surface area (Å²) >= 11 is 6.07. The molecule has 0 saturated heterocycles. The molecule has 4 rings (SSSR count). The minimum Gasteiger partial charge on any atom is -0.467 e. The van der Waals surface area contributed by atoms with Gasteiger partial charge >= 0.3 is 0 Å². The lowest BCUT2D eigenvalue weighted by atomic mass is 10.1.